The van der Waals surface area contributed by atoms with Gasteiger partial charge >= 0.3 is 5.97 Å². The van der Waals surface area contributed by atoms with Gasteiger partial charge in [-0.05, 0) is 31.9 Å². The maximum atomic E-state index is 12.3. The molecule has 1 amide bonds. The lowest BCUT2D eigenvalue weighted by Gasteiger charge is -2.22. The molecule has 1 fully saturated rings. The lowest BCUT2D eigenvalue weighted by molar-refractivity contribution is -0.384. The van der Waals surface area contributed by atoms with E-state index in [-0.39, 0.29) is 17.2 Å². The van der Waals surface area contributed by atoms with E-state index in [1.807, 2.05) is 4.90 Å². The van der Waals surface area contributed by atoms with E-state index >= 15 is 0 Å². The van der Waals surface area contributed by atoms with E-state index in [0.717, 1.165) is 38.8 Å². The summed E-state index contributed by atoms with van der Waals surface area (Å²) in [5.41, 5.74) is 0.465. The van der Waals surface area contributed by atoms with Crippen molar-refractivity contribution in [2.45, 2.75) is 38.7 Å². The zero-order valence-electron chi connectivity index (χ0n) is 15.4. The summed E-state index contributed by atoms with van der Waals surface area (Å²) in [4.78, 5) is 38.4. The van der Waals surface area contributed by atoms with Gasteiger partial charge in [-0.3, -0.25) is 14.9 Å². The fourth-order valence-corrected chi connectivity index (χ4v) is 3.02. The Balaban J connectivity index is 2.23. The summed E-state index contributed by atoms with van der Waals surface area (Å²) in [7, 11) is 3.13. The van der Waals surface area contributed by atoms with Crippen LogP contribution in [-0.2, 0) is 9.53 Å². The van der Waals surface area contributed by atoms with E-state index in [1.165, 1.54) is 24.0 Å². The van der Waals surface area contributed by atoms with Crippen LogP contribution in [-0.4, -0.2) is 55.0 Å². The van der Waals surface area contributed by atoms with Crippen LogP contribution in [0.2, 0.25) is 0 Å². The Morgan fingerprint density at radius 1 is 1.19 bits per heavy atom. The average Bonchev–Trinajstić information content (AvgIpc) is 2.89. The van der Waals surface area contributed by atoms with E-state index in [9.17, 15) is 19.7 Å². The molecule has 1 aliphatic rings. The van der Waals surface area contributed by atoms with Crippen molar-refractivity contribution in [1.29, 1.82) is 0 Å². The number of nitrogens with zero attached hydrogens (tertiary/aromatic N) is 3. The highest BCUT2D eigenvalue weighted by molar-refractivity contribution is 5.93. The summed E-state index contributed by atoms with van der Waals surface area (Å²) in [6, 6.07) is 4.34. The molecular weight excluding hydrogens is 338 g/mol. The molecule has 1 aliphatic heterocycles. The van der Waals surface area contributed by atoms with Gasteiger partial charge in [0.05, 0.1) is 10.5 Å². The summed E-state index contributed by atoms with van der Waals surface area (Å²) in [5, 5.41) is 11.5. The van der Waals surface area contributed by atoms with E-state index in [1.54, 1.807) is 20.2 Å². The minimum atomic E-state index is -0.957. The van der Waals surface area contributed by atoms with Gasteiger partial charge in [0.15, 0.2) is 6.10 Å². The third kappa shape index (κ3) is 4.71. The lowest BCUT2D eigenvalue weighted by atomic mass is 10.1. The first-order chi connectivity index (χ1) is 12.3. The Kier molecular flexibility index (Phi) is 6.54. The van der Waals surface area contributed by atoms with Gasteiger partial charge in [0, 0.05) is 33.3 Å². The Morgan fingerprint density at radius 2 is 1.81 bits per heavy atom. The Hall–Kier alpha value is -2.64. The molecule has 0 N–H and O–H groups in total. The van der Waals surface area contributed by atoms with E-state index < -0.39 is 17.0 Å². The molecule has 0 radical (unpaired) electrons. The van der Waals surface area contributed by atoms with Crippen LogP contribution in [0.25, 0.3) is 0 Å². The fourth-order valence-electron chi connectivity index (χ4n) is 3.02. The Bertz CT molecular complexity index is 681. The van der Waals surface area contributed by atoms with Gasteiger partial charge in [-0.1, -0.05) is 12.8 Å². The number of likely N-dealkylation sites (N-methyl/N-ethyl adjacent to an activating group) is 1. The van der Waals surface area contributed by atoms with Crippen molar-refractivity contribution < 1.29 is 19.2 Å². The van der Waals surface area contributed by atoms with Crippen molar-refractivity contribution in [3.05, 3.63) is 33.9 Å². The number of nitro groups is 1. The summed E-state index contributed by atoms with van der Waals surface area (Å²) in [5.74, 6) is -1.10. The first-order valence-electron chi connectivity index (χ1n) is 8.76. The van der Waals surface area contributed by atoms with Gasteiger partial charge in [0.2, 0.25) is 0 Å². The van der Waals surface area contributed by atoms with Crippen molar-refractivity contribution >= 4 is 23.3 Å². The highest BCUT2D eigenvalue weighted by Crippen LogP contribution is 2.31. The standard InChI is InChI=1S/C18H25N3O5/c1-13(17(22)19(2)3)26-18(23)14-8-9-15(16(12-14)21(24)25)20-10-6-4-5-7-11-20/h8-9,12-13H,4-7,10-11H2,1-3H3/t13-/m0/s1. The number of hydrogen-bond donors (Lipinski definition) is 0. The zero-order valence-corrected chi connectivity index (χ0v) is 15.4. The number of ether oxygens (including phenoxy) is 1. The molecule has 0 unspecified atom stereocenters. The second-order valence-electron chi connectivity index (χ2n) is 6.64. The van der Waals surface area contributed by atoms with Crippen LogP contribution < -0.4 is 4.90 Å². The average molecular weight is 363 g/mol. The van der Waals surface area contributed by atoms with Crippen molar-refractivity contribution in [2.24, 2.45) is 0 Å². The van der Waals surface area contributed by atoms with Gasteiger partial charge in [0.25, 0.3) is 11.6 Å². The van der Waals surface area contributed by atoms with Gasteiger partial charge in [-0.2, -0.15) is 0 Å². The molecule has 1 atom stereocenters. The number of nitro benzene ring substituents is 1. The molecule has 1 aromatic rings. The first-order valence-corrected chi connectivity index (χ1v) is 8.76. The summed E-state index contributed by atoms with van der Waals surface area (Å²) >= 11 is 0. The van der Waals surface area contributed by atoms with Crippen LogP contribution in [0.3, 0.4) is 0 Å². The van der Waals surface area contributed by atoms with Gasteiger partial charge in [-0.15, -0.1) is 0 Å². The molecule has 0 aromatic heterocycles. The largest absolute Gasteiger partial charge is 0.449 e. The minimum absolute atomic E-state index is 0.0636. The number of benzene rings is 1. The zero-order chi connectivity index (χ0) is 19.3. The van der Waals surface area contributed by atoms with Crippen LogP contribution in [0, 0.1) is 10.1 Å². The van der Waals surface area contributed by atoms with Gasteiger partial charge in [0.1, 0.15) is 5.69 Å². The second-order valence-corrected chi connectivity index (χ2v) is 6.64. The molecule has 0 aliphatic carbocycles. The number of carbonyl (C=O) groups is 2. The molecule has 1 aromatic carbocycles. The van der Waals surface area contributed by atoms with Crippen molar-refractivity contribution in [3.8, 4) is 0 Å². The number of amides is 1. The molecule has 1 saturated heterocycles. The second kappa shape index (κ2) is 8.64. The smallest absolute Gasteiger partial charge is 0.339 e. The number of anilines is 1. The van der Waals surface area contributed by atoms with Crippen LogP contribution in [0.15, 0.2) is 18.2 Å². The molecule has 142 valence electrons. The molecular formula is C18H25N3O5. The fraction of sp³-hybridized carbons (Fsp3) is 0.556. The number of carbonyl (C=O) groups excluding carboxylic acids is 2. The maximum Gasteiger partial charge on any atom is 0.339 e. The SMILES string of the molecule is C[C@H](OC(=O)c1ccc(N2CCCCCC2)c([N+](=O)[O-])c1)C(=O)N(C)C. The topological polar surface area (TPSA) is 93.0 Å². The molecule has 0 saturated carbocycles. The Labute approximate surface area is 152 Å². The van der Waals surface area contributed by atoms with Gasteiger partial charge < -0.3 is 14.5 Å². The number of rotatable bonds is 5. The number of hydrogen-bond acceptors (Lipinski definition) is 6. The summed E-state index contributed by atoms with van der Waals surface area (Å²) < 4.78 is 5.13. The van der Waals surface area contributed by atoms with Crippen LogP contribution in [0.5, 0.6) is 0 Å². The van der Waals surface area contributed by atoms with E-state index in [2.05, 4.69) is 0 Å². The first kappa shape index (κ1) is 19.7. The third-order valence-corrected chi connectivity index (χ3v) is 4.43. The van der Waals surface area contributed by atoms with Gasteiger partial charge in [-0.25, -0.2) is 4.79 Å². The highest BCUT2D eigenvalue weighted by Gasteiger charge is 2.25. The minimum Gasteiger partial charge on any atom is -0.449 e. The lowest BCUT2D eigenvalue weighted by Crippen LogP contribution is -2.34. The Morgan fingerprint density at radius 3 is 2.35 bits per heavy atom. The van der Waals surface area contributed by atoms with Crippen molar-refractivity contribution in [2.75, 3.05) is 32.1 Å². The predicted octanol–water partition coefficient (Wildman–Crippen LogP) is 2.61. The maximum absolute atomic E-state index is 12.3. The number of esters is 1. The molecule has 8 nitrogen and oxygen atoms in total. The molecule has 8 heteroatoms. The molecule has 2 rings (SSSR count). The molecule has 26 heavy (non-hydrogen) atoms. The van der Waals surface area contributed by atoms with Crippen molar-refractivity contribution in [1.82, 2.24) is 4.90 Å². The highest BCUT2D eigenvalue weighted by atomic mass is 16.6. The van der Waals surface area contributed by atoms with Crippen LogP contribution in [0.4, 0.5) is 11.4 Å². The molecule has 0 bridgehead atoms. The third-order valence-electron chi connectivity index (χ3n) is 4.43. The molecule has 1 heterocycles. The van der Waals surface area contributed by atoms with Crippen molar-refractivity contribution in [3.63, 3.8) is 0 Å². The van der Waals surface area contributed by atoms with Crippen LogP contribution >= 0.6 is 0 Å². The molecule has 0 spiro atoms. The van der Waals surface area contributed by atoms with E-state index in [0.29, 0.717) is 5.69 Å². The van der Waals surface area contributed by atoms with Crippen LogP contribution in [0.1, 0.15) is 43.0 Å². The monoisotopic (exact) mass is 363 g/mol. The normalized spacial score (nSPS) is 15.7. The quantitative estimate of drug-likeness (QED) is 0.453. The van der Waals surface area contributed by atoms with E-state index in [4.69, 9.17) is 4.74 Å². The summed E-state index contributed by atoms with van der Waals surface area (Å²) in [6.45, 7) is 3.00. The summed E-state index contributed by atoms with van der Waals surface area (Å²) in [6.07, 6.45) is 3.26. The predicted molar refractivity (Wildman–Crippen MR) is 97.3 cm³/mol.